The number of hydrogen-bond acceptors (Lipinski definition) is 5. The van der Waals surface area contributed by atoms with Crippen LogP contribution in [-0.2, 0) is 29.0 Å². The quantitative estimate of drug-likeness (QED) is 0.811. The second-order valence-corrected chi connectivity index (χ2v) is 7.88. The van der Waals surface area contributed by atoms with Gasteiger partial charge in [-0.05, 0) is 11.1 Å². The van der Waals surface area contributed by atoms with Gasteiger partial charge in [-0.15, -0.1) is 11.3 Å². The first kappa shape index (κ1) is 19.0. The van der Waals surface area contributed by atoms with Crippen LogP contribution in [0.25, 0.3) is 0 Å². The number of hydrogen-bond donors (Lipinski definition) is 1. The Labute approximate surface area is 159 Å². The fourth-order valence-corrected chi connectivity index (χ4v) is 3.71. The Kier molecular flexibility index (Phi) is 6.77. The number of ether oxygens (including phenoxy) is 1. The second-order valence-electron chi connectivity index (χ2n) is 6.99. The molecule has 1 aliphatic heterocycles. The summed E-state index contributed by atoms with van der Waals surface area (Å²) in [5, 5.41) is 6.05. The number of rotatable bonds is 7. The van der Waals surface area contributed by atoms with Crippen LogP contribution in [0.4, 0.5) is 0 Å². The Morgan fingerprint density at radius 2 is 1.92 bits per heavy atom. The molecule has 1 amide bonds. The van der Waals surface area contributed by atoms with Gasteiger partial charge in [0.15, 0.2) is 0 Å². The molecule has 3 rings (SSSR count). The molecule has 2 aromatic rings. The number of amides is 1. The molecule has 0 unspecified atom stereocenters. The van der Waals surface area contributed by atoms with Crippen molar-refractivity contribution in [3.8, 4) is 0 Å². The van der Waals surface area contributed by atoms with Crippen molar-refractivity contribution < 1.29 is 9.53 Å². The summed E-state index contributed by atoms with van der Waals surface area (Å²) in [6.45, 7) is 9.37. The fourth-order valence-electron chi connectivity index (χ4n) is 2.88. The molecule has 0 aliphatic carbocycles. The normalized spacial score (nSPS) is 15.3. The third-order valence-corrected chi connectivity index (χ3v) is 5.62. The minimum atomic E-state index is 0.0167. The number of carbonyl (C=O) groups excluding carboxylic acids is 1. The SMILES string of the molecule is CC(C)c1nc(CC(=O)NCc2ccc(CN3CCOCC3)cc2)cs1. The smallest absolute Gasteiger partial charge is 0.226 e. The molecule has 6 heteroatoms. The van der Waals surface area contributed by atoms with E-state index < -0.39 is 0 Å². The molecule has 0 radical (unpaired) electrons. The van der Waals surface area contributed by atoms with Gasteiger partial charge >= 0.3 is 0 Å². The van der Waals surface area contributed by atoms with Crippen molar-refractivity contribution in [3.05, 3.63) is 51.5 Å². The lowest BCUT2D eigenvalue weighted by atomic mass is 10.1. The van der Waals surface area contributed by atoms with Crippen molar-refractivity contribution >= 4 is 17.2 Å². The van der Waals surface area contributed by atoms with Gasteiger partial charge in [-0.2, -0.15) is 0 Å². The molecule has 0 bridgehead atoms. The first-order valence-electron chi connectivity index (χ1n) is 9.19. The first-order chi connectivity index (χ1) is 12.6. The van der Waals surface area contributed by atoms with E-state index in [9.17, 15) is 4.79 Å². The van der Waals surface area contributed by atoms with E-state index in [-0.39, 0.29) is 5.91 Å². The summed E-state index contributed by atoms with van der Waals surface area (Å²) in [4.78, 5) is 19.0. The molecular weight excluding hydrogens is 346 g/mol. The monoisotopic (exact) mass is 373 g/mol. The number of benzene rings is 1. The lowest BCUT2D eigenvalue weighted by molar-refractivity contribution is -0.120. The molecule has 26 heavy (non-hydrogen) atoms. The van der Waals surface area contributed by atoms with E-state index in [1.807, 2.05) is 5.38 Å². The Bertz CT molecular complexity index is 706. The third kappa shape index (κ3) is 5.62. The van der Waals surface area contributed by atoms with Crippen molar-refractivity contribution in [2.24, 2.45) is 0 Å². The lowest BCUT2D eigenvalue weighted by Gasteiger charge is -2.26. The highest BCUT2D eigenvalue weighted by molar-refractivity contribution is 7.09. The van der Waals surface area contributed by atoms with Crippen LogP contribution >= 0.6 is 11.3 Å². The van der Waals surface area contributed by atoms with Gasteiger partial charge in [-0.25, -0.2) is 4.98 Å². The van der Waals surface area contributed by atoms with Gasteiger partial charge in [0, 0.05) is 37.5 Å². The molecule has 0 saturated carbocycles. The molecule has 140 valence electrons. The van der Waals surface area contributed by atoms with E-state index >= 15 is 0 Å². The Morgan fingerprint density at radius 1 is 1.23 bits per heavy atom. The summed E-state index contributed by atoms with van der Waals surface area (Å²) in [6.07, 6.45) is 0.346. The fraction of sp³-hybridized carbons (Fsp3) is 0.500. The van der Waals surface area contributed by atoms with E-state index in [0.717, 1.165) is 49.1 Å². The van der Waals surface area contributed by atoms with E-state index in [1.165, 1.54) is 5.56 Å². The van der Waals surface area contributed by atoms with Gasteiger partial charge in [0.2, 0.25) is 5.91 Å². The van der Waals surface area contributed by atoms with Crippen molar-refractivity contribution in [3.63, 3.8) is 0 Å². The first-order valence-corrected chi connectivity index (χ1v) is 10.1. The van der Waals surface area contributed by atoms with Gasteiger partial charge in [0.1, 0.15) is 0 Å². The third-order valence-electron chi connectivity index (χ3n) is 4.43. The topological polar surface area (TPSA) is 54.5 Å². The van der Waals surface area contributed by atoms with Gasteiger partial charge in [-0.3, -0.25) is 9.69 Å². The summed E-state index contributed by atoms with van der Waals surface area (Å²) in [5.74, 6) is 0.427. The number of nitrogens with one attached hydrogen (secondary N) is 1. The average Bonchev–Trinajstić information content (AvgIpc) is 3.11. The van der Waals surface area contributed by atoms with Gasteiger partial charge < -0.3 is 10.1 Å². The molecule has 0 spiro atoms. The van der Waals surface area contributed by atoms with Crippen LogP contribution in [-0.4, -0.2) is 42.1 Å². The predicted octanol–water partition coefficient (Wildman–Crippen LogP) is 2.96. The molecule has 1 fully saturated rings. The van der Waals surface area contributed by atoms with Crippen molar-refractivity contribution in [1.29, 1.82) is 0 Å². The minimum Gasteiger partial charge on any atom is -0.379 e. The van der Waals surface area contributed by atoms with E-state index in [2.05, 4.69) is 53.3 Å². The molecule has 1 N–H and O–H groups in total. The zero-order valence-electron chi connectivity index (χ0n) is 15.5. The largest absolute Gasteiger partial charge is 0.379 e. The zero-order valence-corrected chi connectivity index (χ0v) is 16.3. The van der Waals surface area contributed by atoms with Crippen LogP contribution in [0.3, 0.4) is 0 Å². The standard InChI is InChI=1S/C20H27N3O2S/c1-15(2)20-22-18(14-26-20)11-19(24)21-12-16-3-5-17(6-4-16)13-23-7-9-25-10-8-23/h3-6,14-15H,7-13H2,1-2H3,(H,21,24). The average molecular weight is 374 g/mol. The number of nitrogens with zero attached hydrogens (tertiary/aromatic N) is 2. The van der Waals surface area contributed by atoms with E-state index in [4.69, 9.17) is 4.74 Å². The molecule has 1 aliphatic rings. The van der Waals surface area contributed by atoms with Crippen LogP contribution in [0.2, 0.25) is 0 Å². The molecule has 2 heterocycles. The van der Waals surface area contributed by atoms with Gasteiger partial charge in [0.05, 0.1) is 30.3 Å². The van der Waals surface area contributed by atoms with Crippen LogP contribution in [0, 0.1) is 0 Å². The highest BCUT2D eigenvalue weighted by Crippen LogP contribution is 2.19. The van der Waals surface area contributed by atoms with Crippen molar-refractivity contribution in [2.75, 3.05) is 26.3 Å². The maximum absolute atomic E-state index is 12.1. The van der Waals surface area contributed by atoms with Crippen LogP contribution < -0.4 is 5.32 Å². The number of thiazole rings is 1. The molecular formula is C20H27N3O2S. The highest BCUT2D eigenvalue weighted by Gasteiger charge is 2.11. The minimum absolute atomic E-state index is 0.0167. The number of aromatic nitrogens is 1. The molecule has 1 aromatic carbocycles. The summed E-state index contributed by atoms with van der Waals surface area (Å²) >= 11 is 1.63. The van der Waals surface area contributed by atoms with E-state index in [1.54, 1.807) is 11.3 Å². The molecule has 1 aromatic heterocycles. The summed E-state index contributed by atoms with van der Waals surface area (Å²) < 4.78 is 5.38. The summed E-state index contributed by atoms with van der Waals surface area (Å²) in [7, 11) is 0. The second kappa shape index (κ2) is 9.26. The van der Waals surface area contributed by atoms with Crippen LogP contribution in [0.15, 0.2) is 29.6 Å². The number of carbonyl (C=O) groups is 1. The molecule has 5 nitrogen and oxygen atoms in total. The lowest BCUT2D eigenvalue weighted by Crippen LogP contribution is -2.35. The molecule has 1 saturated heterocycles. The number of morpholine rings is 1. The van der Waals surface area contributed by atoms with Crippen LogP contribution in [0.5, 0.6) is 0 Å². The Balaban J connectivity index is 1.44. The predicted molar refractivity (Wildman–Crippen MR) is 104 cm³/mol. The van der Waals surface area contributed by atoms with Gasteiger partial charge in [0.25, 0.3) is 0 Å². The Hall–Kier alpha value is -1.76. The van der Waals surface area contributed by atoms with Crippen molar-refractivity contribution in [1.82, 2.24) is 15.2 Å². The highest BCUT2D eigenvalue weighted by atomic mass is 32.1. The summed E-state index contributed by atoms with van der Waals surface area (Å²) in [5.41, 5.74) is 3.27. The molecule has 0 atom stereocenters. The van der Waals surface area contributed by atoms with E-state index in [0.29, 0.717) is 18.9 Å². The van der Waals surface area contributed by atoms with Crippen molar-refractivity contribution in [2.45, 2.75) is 39.3 Å². The Morgan fingerprint density at radius 3 is 2.58 bits per heavy atom. The maximum atomic E-state index is 12.1. The zero-order chi connectivity index (χ0) is 18.4. The summed E-state index contributed by atoms with van der Waals surface area (Å²) in [6, 6.07) is 8.48. The van der Waals surface area contributed by atoms with Gasteiger partial charge in [-0.1, -0.05) is 38.1 Å². The maximum Gasteiger partial charge on any atom is 0.226 e. The van der Waals surface area contributed by atoms with Crippen LogP contribution in [0.1, 0.15) is 41.6 Å².